The van der Waals surface area contributed by atoms with Gasteiger partial charge >= 0.3 is 0 Å². The van der Waals surface area contributed by atoms with Crippen LogP contribution in [0.3, 0.4) is 0 Å². The molecule has 8 heteroatoms. The van der Waals surface area contributed by atoms with Crippen molar-refractivity contribution in [3.63, 3.8) is 0 Å². The molecule has 1 amide bonds. The van der Waals surface area contributed by atoms with E-state index in [0.29, 0.717) is 29.0 Å². The van der Waals surface area contributed by atoms with Crippen molar-refractivity contribution >= 4 is 29.3 Å². The summed E-state index contributed by atoms with van der Waals surface area (Å²) in [4.78, 5) is 18.6. The van der Waals surface area contributed by atoms with E-state index in [0.717, 1.165) is 40.2 Å². The molecule has 1 aliphatic heterocycles. The van der Waals surface area contributed by atoms with Crippen LogP contribution >= 0.6 is 11.8 Å². The van der Waals surface area contributed by atoms with Crippen LogP contribution in [-0.4, -0.2) is 26.4 Å². The van der Waals surface area contributed by atoms with Crippen LogP contribution in [0.25, 0.3) is 0 Å². The first-order valence-electron chi connectivity index (χ1n) is 12.7. The van der Waals surface area contributed by atoms with E-state index in [9.17, 15) is 4.79 Å². The fraction of sp³-hybridized carbons (Fsp3) is 0.233. The van der Waals surface area contributed by atoms with Crippen molar-refractivity contribution in [3.8, 4) is 5.75 Å². The number of nitrogens with zero attached hydrogens (tertiary/aromatic N) is 3. The number of anilines is 2. The average molecular weight is 526 g/mol. The molecule has 0 fully saturated rings. The van der Waals surface area contributed by atoms with Gasteiger partial charge in [-0.2, -0.15) is 4.98 Å². The summed E-state index contributed by atoms with van der Waals surface area (Å²) in [6, 6.07) is 25.1. The highest BCUT2D eigenvalue weighted by atomic mass is 32.2. The molecule has 7 nitrogen and oxygen atoms in total. The molecule has 5 rings (SSSR count). The topological polar surface area (TPSA) is 81.1 Å². The highest BCUT2D eigenvalue weighted by molar-refractivity contribution is 7.99. The van der Waals surface area contributed by atoms with Gasteiger partial charge in [-0.05, 0) is 43.5 Å². The molecule has 38 heavy (non-hydrogen) atoms. The number of ether oxygens (including phenoxy) is 1. The second kappa shape index (κ2) is 11.6. The van der Waals surface area contributed by atoms with Gasteiger partial charge in [0.15, 0.2) is 0 Å². The van der Waals surface area contributed by atoms with Gasteiger partial charge in [0.05, 0.1) is 5.57 Å². The van der Waals surface area contributed by atoms with Crippen LogP contribution in [0.4, 0.5) is 11.6 Å². The number of allylic oxidation sites excluding steroid dienone is 1. The first-order valence-corrected chi connectivity index (χ1v) is 13.7. The molecule has 0 spiro atoms. The van der Waals surface area contributed by atoms with Gasteiger partial charge in [0.25, 0.3) is 5.91 Å². The lowest BCUT2D eigenvalue weighted by atomic mass is 9.94. The number of carbonyl (C=O) groups is 1. The predicted molar refractivity (Wildman–Crippen MR) is 153 cm³/mol. The van der Waals surface area contributed by atoms with E-state index in [1.807, 2.05) is 97.4 Å². The van der Waals surface area contributed by atoms with Crippen LogP contribution in [0.2, 0.25) is 0 Å². The number of aromatic nitrogens is 3. The molecule has 194 valence electrons. The van der Waals surface area contributed by atoms with Crippen LogP contribution in [0.5, 0.6) is 5.75 Å². The first kappa shape index (κ1) is 25.6. The highest BCUT2D eigenvalue weighted by Crippen LogP contribution is 2.40. The SMILES string of the molecule is CCCSc1nc2n(n1)C(c1ccccc1OCc1ccccc1)C(C(=O)Nc1ccccc1C)=C(C)N2. The number of hydrogen-bond acceptors (Lipinski definition) is 6. The summed E-state index contributed by atoms with van der Waals surface area (Å²) in [5, 5.41) is 11.9. The Morgan fingerprint density at radius 1 is 1.03 bits per heavy atom. The molecule has 4 aromatic rings. The Hall–Kier alpha value is -4.04. The van der Waals surface area contributed by atoms with Crippen molar-refractivity contribution in [1.29, 1.82) is 0 Å². The number of thioether (sulfide) groups is 1. The molecule has 0 saturated carbocycles. The normalized spacial score (nSPS) is 14.6. The number of para-hydroxylation sites is 2. The molecule has 0 aliphatic carbocycles. The Balaban J connectivity index is 1.56. The molecule has 3 aromatic carbocycles. The van der Waals surface area contributed by atoms with Crippen LogP contribution < -0.4 is 15.4 Å². The van der Waals surface area contributed by atoms with Crippen molar-refractivity contribution in [2.45, 2.75) is 45.0 Å². The Kier molecular flexibility index (Phi) is 7.79. The van der Waals surface area contributed by atoms with Gasteiger partial charge in [0, 0.05) is 22.7 Å². The smallest absolute Gasteiger partial charge is 0.255 e. The summed E-state index contributed by atoms with van der Waals surface area (Å²) in [5.74, 6) is 2.02. The molecule has 0 radical (unpaired) electrons. The number of benzene rings is 3. The standard InChI is InChI=1S/C30H31N5O2S/c1-4-18-38-30-33-29-31-21(3)26(28(36)32-24-16-10-8-12-20(24)2)27(35(29)34-30)23-15-9-11-17-25(23)37-19-22-13-6-5-7-14-22/h5-17,27H,4,18-19H2,1-3H3,(H,32,36)(H,31,33,34). The minimum atomic E-state index is -0.522. The molecule has 2 heterocycles. The second-order valence-electron chi connectivity index (χ2n) is 9.16. The number of rotatable bonds is 9. The van der Waals surface area contributed by atoms with Gasteiger partial charge in [0.2, 0.25) is 11.1 Å². The second-order valence-corrected chi connectivity index (χ2v) is 10.2. The van der Waals surface area contributed by atoms with Crippen molar-refractivity contribution < 1.29 is 9.53 Å². The molecule has 1 aliphatic rings. The number of hydrogen-bond donors (Lipinski definition) is 2. The minimum Gasteiger partial charge on any atom is -0.489 e. The average Bonchev–Trinajstić information content (AvgIpc) is 3.34. The molecule has 2 N–H and O–H groups in total. The molecule has 0 saturated heterocycles. The zero-order valence-electron chi connectivity index (χ0n) is 21.8. The van der Waals surface area contributed by atoms with E-state index in [1.54, 1.807) is 11.8 Å². The largest absolute Gasteiger partial charge is 0.489 e. The Labute approximate surface area is 227 Å². The quantitative estimate of drug-likeness (QED) is 0.240. The van der Waals surface area contributed by atoms with Crippen molar-refractivity contribution in [2.24, 2.45) is 0 Å². The third-order valence-corrected chi connectivity index (χ3v) is 7.40. The number of carbonyl (C=O) groups excluding carboxylic acids is 1. The third-order valence-electron chi connectivity index (χ3n) is 6.36. The summed E-state index contributed by atoms with van der Waals surface area (Å²) >= 11 is 1.60. The van der Waals surface area contributed by atoms with Gasteiger partial charge in [-0.25, -0.2) is 4.68 Å². The van der Waals surface area contributed by atoms with Crippen LogP contribution in [0.15, 0.2) is 95.3 Å². The van der Waals surface area contributed by atoms with Crippen molar-refractivity contribution in [3.05, 3.63) is 107 Å². The molecule has 0 bridgehead atoms. The maximum Gasteiger partial charge on any atom is 0.255 e. The van der Waals surface area contributed by atoms with Gasteiger partial charge < -0.3 is 15.4 Å². The molecular weight excluding hydrogens is 494 g/mol. The summed E-state index contributed by atoms with van der Waals surface area (Å²) in [7, 11) is 0. The van der Waals surface area contributed by atoms with Crippen molar-refractivity contribution in [2.75, 3.05) is 16.4 Å². The number of aryl methyl sites for hydroxylation is 1. The summed E-state index contributed by atoms with van der Waals surface area (Å²) in [6.07, 6.45) is 1.02. The van der Waals surface area contributed by atoms with E-state index in [4.69, 9.17) is 14.8 Å². The van der Waals surface area contributed by atoms with Gasteiger partial charge in [-0.3, -0.25) is 4.79 Å². The zero-order valence-corrected chi connectivity index (χ0v) is 22.6. The zero-order chi connectivity index (χ0) is 26.5. The number of nitrogens with one attached hydrogen (secondary N) is 2. The Morgan fingerprint density at radius 3 is 2.55 bits per heavy atom. The summed E-state index contributed by atoms with van der Waals surface area (Å²) in [5.41, 5.74) is 4.97. The molecule has 1 unspecified atom stereocenters. The molecule has 1 atom stereocenters. The van der Waals surface area contributed by atoms with E-state index >= 15 is 0 Å². The number of fused-ring (bicyclic) bond motifs is 1. The minimum absolute atomic E-state index is 0.198. The van der Waals surface area contributed by atoms with E-state index in [-0.39, 0.29) is 5.91 Å². The first-order chi connectivity index (χ1) is 18.5. The highest BCUT2D eigenvalue weighted by Gasteiger charge is 2.36. The molecular formula is C30H31N5O2S. The van der Waals surface area contributed by atoms with Crippen LogP contribution in [-0.2, 0) is 11.4 Å². The monoisotopic (exact) mass is 525 g/mol. The molecule has 1 aromatic heterocycles. The van der Waals surface area contributed by atoms with Crippen LogP contribution in [0.1, 0.15) is 43.0 Å². The maximum atomic E-state index is 13.9. The lowest BCUT2D eigenvalue weighted by molar-refractivity contribution is -0.113. The lowest BCUT2D eigenvalue weighted by Crippen LogP contribution is -2.32. The van der Waals surface area contributed by atoms with E-state index in [2.05, 4.69) is 17.6 Å². The fourth-order valence-electron chi connectivity index (χ4n) is 4.44. The predicted octanol–water partition coefficient (Wildman–Crippen LogP) is 6.60. The van der Waals surface area contributed by atoms with E-state index < -0.39 is 6.04 Å². The van der Waals surface area contributed by atoms with Crippen LogP contribution in [0, 0.1) is 6.92 Å². The fourth-order valence-corrected chi connectivity index (χ4v) is 5.13. The van der Waals surface area contributed by atoms with Gasteiger partial charge in [-0.15, -0.1) is 5.10 Å². The summed E-state index contributed by atoms with van der Waals surface area (Å²) in [6.45, 7) is 6.43. The van der Waals surface area contributed by atoms with E-state index in [1.165, 1.54) is 0 Å². The summed E-state index contributed by atoms with van der Waals surface area (Å²) < 4.78 is 8.13. The lowest BCUT2D eigenvalue weighted by Gasteiger charge is -2.30. The Morgan fingerprint density at radius 2 is 1.76 bits per heavy atom. The Bertz CT molecular complexity index is 1460. The van der Waals surface area contributed by atoms with Gasteiger partial charge in [0.1, 0.15) is 18.4 Å². The third kappa shape index (κ3) is 5.45. The van der Waals surface area contributed by atoms with Gasteiger partial charge in [-0.1, -0.05) is 85.4 Å². The number of amides is 1. The van der Waals surface area contributed by atoms with Crippen molar-refractivity contribution in [1.82, 2.24) is 14.8 Å². The maximum absolute atomic E-state index is 13.9.